The van der Waals surface area contributed by atoms with Crippen LogP contribution in [0.1, 0.15) is 172 Å². The molecule has 8 aliphatic carbocycles. The molecule has 8 fully saturated rings. The smallest absolute Gasteiger partial charge is 0.124 e. The van der Waals surface area contributed by atoms with Gasteiger partial charge in [-0.1, -0.05) is 89.8 Å². The van der Waals surface area contributed by atoms with Crippen molar-refractivity contribution in [2.24, 2.45) is 81.8 Å². The number of carbonyl (C=O) groups is 2. The maximum Gasteiger partial charge on any atom is 0.124 e. The van der Waals surface area contributed by atoms with Crippen LogP contribution in [0.25, 0.3) is 0 Å². The predicted molar refractivity (Wildman–Crippen MR) is 266 cm³/mol. The Kier molecular flexibility index (Phi) is 13.7. The highest BCUT2D eigenvalue weighted by Gasteiger charge is 2.64. The molecular formula is C60H92N2O8. The minimum atomic E-state index is -2.44. The van der Waals surface area contributed by atoms with Gasteiger partial charge in [0.15, 0.2) is 0 Å². The quantitative estimate of drug-likeness (QED) is 0.261. The number of carbonyl (C=O) groups excluding carboxylic acids is 2. The molecule has 4 saturated heterocycles. The fourth-order valence-electron chi connectivity index (χ4n) is 19.1. The van der Waals surface area contributed by atoms with Gasteiger partial charge in [0, 0.05) is 23.7 Å². The van der Waals surface area contributed by atoms with Crippen molar-refractivity contribution < 1.29 is 50.1 Å². The Morgan fingerprint density at radius 1 is 0.600 bits per heavy atom. The molecule has 0 radical (unpaired) electrons. The van der Waals surface area contributed by atoms with E-state index in [0.29, 0.717) is 47.0 Å². The molecule has 390 valence electrons. The van der Waals surface area contributed by atoms with E-state index in [4.69, 9.17) is 19.7 Å². The summed E-state index contributed by atoms with van der Waals surface area (Å²) in [5.74, 6) is 5.85. The Morgan fingerprint density at radius 2 is 0.986 bits per heavy atom. The molecule has 10 heteroatoms. The first-order chi connectivity index (χ1) is 33.1. The minimum absolute atomic E-state index is 0.0491. The number of rotatable bonds is 3. The standard InChI is InChI=1S/2C28H43NO.C4H6O6/c2*1-16-8-10-27(5)20(12-16)6-7-22-21-9-11-28(18(3)23(21)14-24(22)27)19(4)26-25(30-28)13-17(2)15-29-26;5-1(3(7)8)2(6)4(9)10/h2*6,16-17,19,21-22,24-26,29H,7-15H2,1-5H3;1-2,5-6H,(H,7,8)(H,9,10). The predicted octanol–water partition coefficient (Wildman–Crippen LogP) is 5.71. The van der Waals surface area contributed by atoms with Crippen LogP contribution in [0, 0.1) is 81.8 Å². The van der Waals surface area contributed by atoms with Gasteiger partial charge in [0.2, 0.25) is 0 Å². The van der Waals surface area contributed by atoms with Crippen LogP contribution in [0.3, 0.4) is 0 Å². The van der Waals surface area contributed by atoms with Crippen LogP contribution >= 0.6 is 0 Å². The molecule has 2 spiro atoms. The van der Waals surface area contributed by atoms with Crippen molar-refractivity contribution in [2.75, 3.05) is 13.1 Å². The van der Waals surface area contributed by atoms with Crippen LogP contribution in [-0.2, 0) is 19.1 Å². The molecule has 4 saturated carbocycles. The van der Waals surface area contributed by atoms with E-state index in [1.807, 2.05) is 22.3 Å². The van der Waals surface area contributed by atoms with Gasteiger partial charge in [0.1, 0.15) is 36.5 Å². The Bertz CT molecular complexity index is 2030. The topological polar surface area (TPSA) is 172 Å². The van der Waals surface area contributed by atoms with Crippen LogP contribution in [-0.4, -0.2) is 82.9 Å². The Balaban J connectivity index is 0.000000136. The number of hydrogen-bond donors (Lipinski definition) is 4. The fourth-order valence-corrected chi connectivity index (χ4v) is 19.1. The third kappa shape index (κ3) is 8.14. The lowest BCUT2D eigenvalue weighted by molar-refractivity contribution is -0.710. The number of aliphatic hydroxyl groups is 2. The first-order valence-electron chi connectivity index (χ1n) is 28.7. The monoisotopic (exact) mass is 969 g/mol. The highest BCUT2D eigenvalue weighted by atomic mass is 16.5. The number of ether oxygens (including phenoxy) is 2. The van der Waals surface area contributed by atoms with E-state index in [-0.39, 0.29) is 11.2 Å². The second-order valence-electron chi connectivity index (χ2n) is 27.0. The van der Waals surface area contributed by atoms with Gasteiger partial charge in [0.05, 0.1) is 36.2 Å². The largest absolute Gasteiger partial charge is 0.547 e. The summed E-state index contributed by atoms with van der Waals surface area (Å²) in [5.41, 5.74) is 11.8. The fraction of sp³-hybridized carbons (Fsp3) is 0.833. The molecular weight excluding hydrogens is 877 g/mol. The number of aliphatic carboxylic acids is 2. The van der Waals surface area contributed by atoms with E-state index in [0.717, 1.165) is 59.2 Å². The average molecular weight is 969 g/mol. The molecule has 0 amide bonds. The normalized spacial score (nSPS) is 49.4. The molecule has 22 unspecified atom stereocenters. The van der Waals surface area contributed by atoms with E-state index in [1.54, 1.807) is 11.1 Å². The van der Waals surface area contributed by atoms with E-state index in [9.17, 15) is 19.8 Å². The van der Waals surface area contributed by atoms with E-state index in [1.165, 1.54) is 116 Å². The van der Waals surface area contributed by atoms with Crippen molar-refractivity contribution >= 4 is 11.9 Å². The third-order valence-corrected chi connectivity index (χ3v) is 23.4. The number of aliphatic hydroxyl groups excluding tert-OH is 2. The van der Waals surface area contributed by atoms with Gasteiger partial charge in [-0.2, -0.15) is 0 Å². The average Bonchev–Trinajstić information content (AvgIpc) is 4.06. The molecule has 12 rings (SSSR count). The van der Waals surface area contributed by atoms with Crippen molar-refractivity contribution in [3.8, 4) is 0 Å². The zero-order chi connectivity index (χ0) is 50.0. The number of nitrogens with two attached hydrogens (primary N) is 2. The van der Waals surface area contributed by atoms with Gasteiger partial charge in [-0.25, -0.2) is 0 Å². The van der Waals surface area contributed by atoms with Gasteiger partial charge in [-0.15, -0.1) is 0 Å². The Hall–Kier alpha value is -2.34. The molecule has 12 aliphatic rings. The van der Waals surface area contributed by atoms with E-state index < -0.39 is 24.1 Å². The van der Waals surface area contributed by atoms with Crippen LogP contribution in [0.2, 0.25) is 0 Å². The number of carboxylic acid groups (broad SMARTS) is 2. The molecule has 6 N–H and O–H groups in total. The summed E-state index contributed by atoms with van der Waals surface area (Å²) in [4.78, 5) is 19.3. The first-order valence-corrected chi connectivity index (χ1v) is 28.7. The molecule has 10 nitrogen and oxygen atoms in total. The highest BCUT2D eigenvalue weighted by molar-refractivity contribution is 5.80. The summed E-state index contributed by atoms with van der Waals surface area (Å²) in [6.45, 7) is 27.6. The lowest BCUT2D eigenvalue weighted by Crippen LogP contribution is -2.96. The maximum absolute atomic E-state index is 9.63. The number of fused-ring (bicyclic) bond motifs is 12. The molecule has 0 aromatic rings. The van der Waals surface area contributed by atoms with Crippen molar-refractivity contribution in [1.82, 2.24) is 0 Å². The van der Waals surface area contributed by atoms with Crippen LogP contribution < -0.4 is 20.8 Å². The zero-order valence-electron chi connectivity index (χ0n) is 44.8. The molecule has 0 bridgehead atoms. The summed E-state index contributed by atoms with van der Waals surface area (Å²) < 4.78 is 14.2. The highest BCUT2D eigenvalue weighted by Crippen LogP contribution is 2.67. The van der Waals surface area contributed by atoms with Crippen molar-refractivity contribution in [3.05, 3.63) is 45.6 Å². The van der Waals surface area contributed by atoms with Gasteiger partial charge in [-0.3, -0.25) is 0 Å². The third-order valence-electron chi connectivity index (χ3n) is 23.4. The Labute approximate surface area is 420 Å². The molecule has 4 heterocycles. The van der Waals surface area contributed by atoms with Crippen LogP contribution in [0.4, 0.5) is 0 Å². The molecule has 0 aromatic carbocycles. The number of allylic oxidation sites excluding steroid dienone is 6. The van der Waals surface area contributed by atoms with Crippen LogP contribution in [0.15, 0.2) is 45.6 Å². The SMILES string of the molecule is CC1=C2CC3C(CC=C4CC(C)CCC43C)C2CCC12OC1CC(C)C[NH2+]C1C2C.CC1=C2CC3C(CC=C4CC(C)CCC43C)C2CCC12OC1CC(C)C[NH2+]C1C2C.O=C([O-])C(O)C(O)C(=O)[O-]. The zero-order valence-corrected chi connectivity index (χ0v) is 44.8. The maximum atomic E-state index is 9.63. The first kappa shape index (κ1) is 51.2. The molecule has 4 aliphatic heterocycles. The minimum Gasteiger partial charge on any atom is -0.547 e. The summed E-state index contributed by atoms with van der Waals surface area (Å²) in [6.07, 6.45) is 23.2. The second-order valence-corrected chi connectivity index (χ2v) is 27.0. The summed E-state index contributed by atoms with van der Waals surface area (Å²) in [7, 11) is 0. The lowest BCUT2D eigenvalue weighted by atomic mass is 9.55. The molecule has 0 aromatic heterocycles. The van der Waals surface area contributed by atoms with Crippen LogP contribution in [0.5, 0.6) is 0 Å². The van der Waals surface area contributed by atoms with Crippen molar-refractivity contribution in [3.63, 3.8) is 0 Å². The second kappa shape index (κ2) is 18.8. The van der Waals surface area contributed by atoms with E-state index >= 15 is 0 Å². The Morgan fingerprint density at radius 3 is 1.36 bits per heavy atom. The summed E-state index contributed by atoms with van der Waals surface area (Å²) in [5, 5.41) is 41.0. The number of piperidine rings is 2. The van der Waals surface area contributed by atoms with Gasteiger partial charge < -0.3 is 50.1 Å². The number of hydrogen-bond acceptors (Lipinski definition) is 8. The van der Waals surface area contributed by atoms with E-state index in [2.05, 4.69) is 92.0 Å². The summed E-state index contributed by atoms with van der Waals surface area (Å²) in [6, 6.07) is 1.37. The van der Waals surface area contributed by atoms with Crippen molar-refractivity contribution in [2.45, 2.75) is 220 Å². The van der Waals surface area contributed by atoms with Gasteiger partial charge in [-0.05, 0) is 186 Å². The number of carboxylic acids is 2. The van der Waals surface area contributed by atoms with Gasteiger partial charge >= 0.3 is 0 Å². The molecule has 70 heavy (non-hydrogen) atoms. The lowest BCUT2D eigenvalue weighted by Gasteiger charge is -2.49. The molecule has 22 atom stereocenters. The van der Waals surface area contributed by atoms with Crippen molar-refractivity contribution in [1.29, 1.82) is 0 Å². The van der Waals surface area contributed by atoms with Gasteiger partial charge in [0.25, 0.3) is 0 Å². The summed E-state index contributed by atoms with van der Waals surface area (Å²) >= 11 is 0. The number of quaternary nitrogens is 2.